The molecular weight excluding hydrogens is 309 g/mol. The van der Waals surface area contributed by atoms with Crippen molar-refractivity contribution in [2.45, 2.75) is 6.92 Å². The maximum atomic E-state index is 13.4. The first-order valence-electron chi connectivity index (χ1n) is 4.75. The van der Waals surface area contributed by atoms with E-state index in [2.05, 4.69) is 0 Å². The first-order valence-corrected chi connectivity index (χ1v) is 6.19. The van der Waals surface area contributed by atoms with Crippen LogP contribution in [-0.2, 0) is 15.0 Å². The second-order valence-corrected chi connectivity index (χ2v) is 5.30. The van der Waals surface area contributed by atoms with E-state index in [1.165, 1.54) is 0 Å². The number of halogens is 2. The molecule has 1 aromatic rings. The molecular formula is C9H9F2KN2O4S. The van der Waals surface area contributed by atoms with Gasteiger partial charge in [0.15, 0.2) is 11.6 Å². The van der Waals surface area contributed by atoms with E-state index in [0.29, 0.717) is 10.4 Å². The van der Waals surface area contributed by atoms with Crippen molar-refractivity contribution in [1.82, 2.24) is 4.72 Å². The number of rotatable bonds is 1. The maximum absolute atomic E-state index is 13.4. The summed E-state index contributed by atoms with van der Waals surface area (Å²) in [5, 5.41) is 9.49. The fourth-order valence-corrected chi connectivity index (χ4v) is 2.69. The topological polar surface area (TPSA) is 86.7 Å². The molecule has 0 spiro atoms. The predicted octanol–water partition coefficient (Wildman–Crippen LogP) is -0.489. The molecule has 0 radical (unpaired) electrons. The van der Waals surface area contributed by atoms with Gasteiger partial charge in [0.05, 0.1) is 0 Å². The first-order chi connectivity index (χ1) is 8.24. The van der Waals surface area contributed by atoms with Crippen LogP contribution in [0.2, 0.25) is 0 Å². The number of carbonyl (C=O) groups is 1. The molecule has 100 valence electrons. The molecule has 2 N–H and O–H groups in total. The molecule has 0 bridgehead atoms. The van der Waals surface area contributed by atoms with Crippen molar-refractivity contribution in [3.05, 3.63) is 23.3 Å². The van der Waals surface area contributed by atoms with Crippen LogP contribution in [-0.4, -0.2) is 77.4 Å². The molecule has 6 nitrogen and oxygen atoms in total. The Morgan fingerprint density at radius 3 is 2.47 bits per heavy atom. The van der Waals surface area contributed by atoms with E-state index >= 15 is 0 Å². The fourth-order valence-electron chi connectivity index (χ4n) is 1.54. The molecule has 0 unspecified atom stereocenters. The number of benzene rings is 1. The molecule has 1 fully saturated rings. The van der Waals surface area contributed by atoms with E-state index in [1.54, 1.807) is 4.72 Å². The van der Waals surface area contributed by atoms with Crippen LogP contribution < -0.4 is 9.03 Å². The molecule has 0 saturated carbocycles. The van der Waals surface area contributed by atoms with Crippen molar-refractivity contribution < 1.29 is 27.1 Å². The molecule has 0 atom stereocenters. The summed E-state index contributed by atoms with van der Waals surface area (Å²) in [6, 6.07) is 0.658. The van der Waals surface area contributed by atoms with Crippen molar-refractivity contribution in [2.24, 2.45) is 0 Å². The van der Waals surface area contributed by atoms with Crippen molar-refractivity contribution >= 4 is 73.2 Å². The molecule has 1 aromatic carbocycles. The van der Waals surface area contributed by atoms with Crippen LogP contribution in [0.5, 0.6) is 5.75 Å². The van der Waals surface area contributed by atoms with E-state index in [0.717, 1.165) is 6.92 Å². The first kappa shape index (κ1) is 16.8. The monoisotopic (exact) mass is 318 g/mol. The molecule has 0 aliphatic carbocycles. The van der Waals surface area contributed by atoms with Crippen molar-refractivity contribution in [1.29, 1.82) is 0 Å². The van der Waals surface area contributed by atoms with Gasteiger partial charge in [0.25, 0.3) is 5.91 Å². The number of phenolic OH excluding ortho intramolecular Hbond substituents is 1. The summed E-state index contributed by atoms with van der Waals surface area (Å²) in [5.74, 6) is -4.15. The second kappa shape index (κ2) is 5.62. The molecule has 10 heteroatoms. The van der Waals surface area contributed by atoms with Crippen LogP contribution in [0, 0.1) is 18.6 Å². The van der Waals surface area contributed by atoms with Gasteiger partial charge in [-0.3, -0.25) is 4.79 Å². The van der Waals surface area contributed by atoms with Crippen LogP contribution in [0.3, 0.4) is 0 Å². The molecule has 1 amide bonds. The molecule has 19 heavy (non-hydrogen) atoms. The normalized spacial score (nSPS) is 17.0. The van der Waals surface area contributed by atoms with Gasteiger partial charge in [0, 0.05) is 11.6 Å². The van der Waals surface area contributed by atoms with Crippen molar-refractivity contribution in [2.75, 3.05) is 10.8 Å². The average molecular weight is 318 g/mol. The van der Waals surface area contributed by atoms with Gasteiger partial charge in [-0.2, -0.15) is 8.42 Å². The molecule has 2 rings (SSSR count). The zero-order valence-electron chi connectivity index (χ0n) is 9.07. The zero-order chi connectivity index (χ0) is 13.7. The Morgan fingerprint density at radius 1 is 1.42 bits per heavy atom. The number of anilines is 1. The summed E-state index contributed by atoms with van der Waals surface area (Å²) in [6.07, 6.45) is 0. The number of aromatic hydroxyl groups is 1. The summed E-state index contributed by atoms with van der Waals surface area (Å²) in [6.45, 7) is 0.452. The quantitative estimate of drug-likeness (QED) is 0.684. The van der Waals surface area contributed by atoms with Gasteiger partial charge in [0.1, 0.15) is 18.0 Å². The Kier molecular flexibility index (Phi) is 4.96. The van der Waals surface area contributed by atoms with E-state index < -0.39 is 51.3 Å². The van der Waals surface area contributed by atoms with Gasteiger partial charge in [-0.1, -0.05) is 0 Å². The Bertz CT molecular complexity index is 650. The summed E-state index contributed by atoms with van der Waals surface area (Å²) in [4.78, 5) is 11.0. The molecule has 1 aliphatic rings. The Balaban J connectivity index is 0.00000180. The number of carbonyl (C=O) groups excluding carboxylic acids is 1. The summed E-state index contributed by atoms with van der Waals surface area (Å²) in [5.41, 5.74) is -1.05. The van der Waals surface area contributed by atoms with Crippen LogP contribution in [0.4, 0.5) is 14.5 Å². The number of phenols is 1. The molecule has 0 aromatic heterocycles. The third-order valence-electron chi connectivity index (χ3n) is 2.49. The Morgan fingerprint density at radius 2 is 2.00 bits per heavy atom. The van der Waals surface area contributed by atoms with Gasteiger partial charge in [-0.15, -0.1) is 0 Å². The molecule has 1 aliphatic heterocycles. The molecule has 1 heterocycles. The summed E-state index contributed by atoms with van der Waals surface area (Å²) in [7, 11) is -4.22. The number of nitrogens with zero attached hydrogens (tertiary/aromatic N) is 1. The summed E-state index contributed by atoms with van der Waals surface area (Å²) >= 11 is 0. The minimum atomic E-state index is -4.22. The predicted molar refractivity (Wildman–Crippen MR) is 64.3 cm³/mol. The van der Waals surface area contributed by atoms with Crippen LogP contribution >= 0.6 is 0 Å². The summed E-state index contributed by atoms with van der Waals surface area (Å²) < 4.78 is 51.7. The Labute approximate surface area is 150 Å². The van der Waals surface area contributed by atoms with Gasteiger partial charge in [-0.25, -0.2) is 17.8 Å². The number of nitrogens with one attached hydrogen (secondary N) is 1. The molecule has 1 saturated heterocycles. The van der Waals surface area contributed by atoms with Gasteiger partial charge < -0.3 is 5.11 Å². The van der Waals surface area contributed by atoms with E-state index in [-0.39, 0.29) is 51.4 Å². The van der Waals surface area contributed by atoms with Crippen molar-refractivity contribution in [3.63, 3.8) is 0 Å². The van der Waals surface area contributed by atoms with Crippen molar-refractivity contribution in [3.8, 4) is 5.75 Å². The Hall–Kier alpha value is -0.264. The third kappa shape index (κ3) is 2.93. The minimum absolute atomic E-state index is 0. The second-order valence-electron chi connectivity index (χ2n) is 3.70. The number of hydrogen-bond donors (Lipinski definition) is 2. The average Bonchev–Trinajstić information content (AvgIpc) is 2.54. The number of hydrogen-bond acceptors (Lipinski definition) is 4. The van der Waals surface area contributed by atoms with Crippen LogP contribution in [0.15, 0.2) is 6.07 Å². The fraction of sp³-hybridized carbons (Fsp3) is 0.222. The third-order valence-corrected chi connectivity index (χ3v) is 3.88. The zero-order valence-corrected chi connectivity index (χ0v) is 9.88. The van der Waals surface area contributed by atoms with Gasteiger partial charge in [0.2, 0.25) is 0 Å². The van der Waals surface area contributed by atoms with Crippen LogP contribution in [0.25, 0.3) is 0 Å². The standard InChI is InChI=1S/C9H8F2N2O4S.K.H/c1-4-5(10)2-6(9(15)8(4)11)13-3-7(14)12-18(13,16)17;;/h2,15H,3H2,1H3,(H,12,14);;. The van der Waals surface area contributed by atoms with E-state index in [9.17, 15) is 27.1 Å². The van der Waals surface area contributed by atoms with Gasteiger partial charge in [-0.05, 0) is 6.92 Å². The SMILES string of the molecule is Cc1c(F)cc(N2CC(=O)NS2(=O)=O)c(O)c1F.[KH]. The van der Waals surface area contributed by atoms with E-state index in [1.807, 2.05) is 0 Å². The van der Waals surface area contributed by atoms with E-state index in [4.69, 9.17) is 0 Å². The van der Waals surface area contributed by atoms with Gasteiger partial charge >= 0.3 is 61.6 Å². The number of amides is 1. The van der Waals surface area contributed by atoms with Crippen LogP contribution in [0.1, 0.15) is 5.56 Å².